The summed E-state index contributed by atoms with van der Waals surface area (Å²) < 4.78 is 66.8. The molecule has 0 radical (unpaired) electrons. The maximum absolute atomic E-state index is 14.6. The van der Waals surface area contributed by atoms with Crippen LogP contribution in [0.4, 0.5) is 10.1 Å². The van der Waals surface area contributed by atoms with Gasteiger partial charge in [-0.25, -0.2) is 21.2 Å². The van der Waals surface area contributed by atoms with Crippen molar-refractivity contribution >= 4 is 25.7 Å². The first kappa shape index (κ1) is 26.6. The Morgan fingerprint density at radius 2 is 1.68 bits per heavy atom. The molecule has 1 fully saturated rings. The number of piperidine rings is 1. The Balaban J connectivity index is 1.65. The smallest absolute Gasteiger partial charge is 0.218 e. The third kappa shape index (κ3) is 7.49. The summed E-state index contributed by atoms with van der Waals surface area (Å²) in [5.74, 6) is 0.121. The summed E-state index contributed by atoms with van der Waals surface area (Å²) in [5, 5.41) is 3.15. The Bertz CT molecular complexity index is 1140. The Labute approximate surface area is 203 Å². The third-order valence-electron chi connectivity index (χ3n) is 5.79. The van der Waals surface area contributed by atoms with Gasteiger partial charge in [-0.2, -0.15) is 8.61 Å². The minimum Gasteiger partial charge on any atom is -0.379 e. The van der Waals surface area contributed by atoms with Crippen LogP contribution in [0.15, 0.2) is 54.6 Å². The molecule has 0 saturated carbocycles. The van der Waals surface area contributed by atoms with Crippen LogP contribution < -0.4 is 5.32 Å². The minimum atomic E-state index is -3.51. The lowest BCUT2D eigenvalue weighted by atomic mass is 10.0. The van der Waals surface area contributed by atoms with Gasteiger partial charge in [0.2, 0.25) is 20.0 Å². The molecule has 34 heavy (non-hydrogen) atoms. The molecule has 2 aromatic carbocycles. The molecule has 0 aliphatic carbocycles. The Morgan fingerprint density at radius 1 is 1.03 bits per heavy atom. The van der Waals surface area contributed by atoms with Gasteiger partial charge in [-0.15, -0.1) is 0 Å². The molecule has 3 rings (SSSR count). The van der Waals surface area contributed by atoms with Gasteiger partial charge in [0.25, 0.3) is 0 Å². The maximum Gasteiger partial charge on any atom is 0.218 e. The Hall–Kier alpha value is -2.01. The van der Waals surface area contributed by atoms with Gasteiger partial charge in [0.1, 0.15) is 6.17 Å². The molecular weight excluding hydrogens is 477 g/mol. The molecule has 1 saturated heterocycles. The average molecular weight is 512 g/mol. The number of sulfonamides is 2. The van der Waals surface area contributed by atoms with Gasteiger partial charge in [0.05, 0.1) is 18.1 Å². The first-order valence-corrected chi connectivity index (χ1v) is 14.9. The molecular formula is C24H34FN3O4S2. The zero-order valence-corrected chi connectivity index (χ0v) is 21.5. The second kappa shape index (κ2) is 11.2. The zero-order valence-electron chi connectivity index (χ0n) is 19.9. The van der Waals surface area contributed by atoms with Crippen LogP contribution in [0.2, 0.25) is 0 Å². The predicted octanol–water partition coefficient (Wildman–Crippen LogP) is 3.46. The van der Waals surface area contributed by atoms with Crippen LogP contribution in [0.25, 0.3) is 0 Å². The summed E-state index contributed by atoms with van der Waals surface area (Å²) in [6.07, 6.45) is 0.151. The molecule has 0 amide bonds. The maximum atomic E-state index is 14.6. The van der Waals surface area contributed by atoms with Crippen molar-refractivity contribution in [1.29, 1.82) is 0 Å². The van der Waals surface area contributed by atoms with Crippen molar-refractivity contribution in [3.8, 4) is 0 Å². The number of hydrogen-bond acceptors (Lipinski definition) is 5. The molecule has 2 aromatic rings. The van der Waals surface area contributed by atoms with E-state index in [1.165, 1.54) is 4.31 Å². The van der Waals surface area contributed by atoms with Gasteiger partial charge in [-0.3, -0.25) is 0 Å². The largest absolute Gasteiger partial charge is 0.379 e. The molecule has 0 spiro atoms. The highest BCUT2D eigenvalue weighted by Gasteiger charge is 2.33. The zero-order chi connectivity index (χ0) is 24.9. The van der Waals surface area contributed by atoms with Gasteiger partial charge in [0, 0.05) is 31.9 Å². The summed E-state index contributed by atoms with van der Waals surface area (Å²) >= 11 is 0. The fraction of sp³-hybridized carbons (Fsp3) is 0.500. The number of alkyl halides is 1. The van der Waals surface area contributed by atoms with E-state index < -0.39 is 32.3 Å². The van der Waals surface area contributed by atoms with Gasteiger partial charge in [-0.05, 0) is 35.6 Å². The molecule has 7 nitrogen and oxygen atoms in total. The van der Waals surface area contributed by atoms with Gasteiger partial charge in [-0.1, -0.05) is 56.3 Å². The van der Waals surface area contributed by atoms with Crippen molar-refractivity contribution in [3.63, 3.8) is 0 Å². The van der Waals surface area contributed by atoms with E-state index in [4.69, 9.17) is 0 Å². The van der Waals surface area contributed by atoms with E-state index in [-0.39, 0.29) is 31.3 Å². The van der Waals surface area contributed by atoms with E-state index in [1.807, 2.05) is 68.4 Å². The highest BCUT2D eigenvalue weighted by atomic mass is 32.2. The number of rotatable bonds is 10. The first-order chi connectivity index (χ1) is 15.9. The van der Waals surface area contributed by atoms with Crippen LogP contribution in [0.5, 0.6) is 0 Å². The molecule has 0 unspecified atom stereocenters. The quantitative estimate of drug-likeness (QED) is 0.528. The van der Waals surface area contributed by atoms with Gasteiger partial charge < -0.3 is 5.32 Å². The number of benzene rings is 2. The van der Waals surface area contributed by atoms with Crippen LogP contribution in [-0.4, -0.2) is 63.5 Å². The summed E-state index contributed by atoms with van der Waals surface area (Å²) in [4.78, 5) is 0. The van der Waals surface area contributed by atoms with Gasteiger partial charge in [0.15, 0.2) is 0 Å². The van der Waals surface area contributed by atoms with E-state index in [0.29, 0.717) is 18.7 Å². The summed E-state index contributed by atoms with van der Waals surface area (Å²) in [5.41, 5.74) is 2.30. The van der Waals surface area contributed by atoms with E-state index in [1.54, 1.807) is 0 Å². The molecule has 1 heterocycles. The third-order valence-corrected chi connectivity index (χ3v) is 8.82. The number of anilines is 1. The van der Waals surface area contributed by atoms with E-state index >= 15 is 0 Å². The molecule has 10 heteroatoms. The lowest BCUT2D eigenvalue weighted by Gasteiger charge is -2.34. The molecule has 0 aromatic heterocycles. The first-order valence-electron chi connectivity index (χ1n) is 11.4. The van der Waals surface area contributed by atoms with Crippen molar-refractivity contribution in [2.24, 2.45) is 5.92 Å². The lowest BCUT2D eigenvalue weighted by molar-refractivity contribution is 0.187. The number of nitrogens with zero attached hydrogens (tertiary/aromatic N) is 2. The van der Waals surface area contributed by atoms with Crippen LogP contribution >= 0.6 is 0 Å². The molecule has 0 bridgehead atoms. The van der Waals surface area contributed by atoms with Crippen LogP contribution in [0.3, 0.4) is 0 Å². The second-order valence-corrected chi connectivity index (χ2v) is 13.3. The average Bonchev–Trinajstić information content (AvgIpc) is 2.75. The van der Waals surface area contributed by atoms with E-state index in [9.17, 15) is 21.2 Å². The topological polar surface area (TPSA) is 86.8 Å². The van der Waals surface area contributed by atoms with E-state index in [0.717, 1.165) is 21.7 Å². The standard InChI is InChI=1S/C24H34FN3O4S2/c1-19(2)15-28(34(31,32)18-21-7-5-4-6-8-21)16-20-9-11-22(12-10-20)26-24-13-14-27(17-23(24)25)33(3,29)30/h4-12,19,23-24,26H,13-18H2,1-3H3/t23-,24+/m0/s1. The highest BCUT2D eigenvalue weighted by Crippen LogP contribution is 2.22. The fourth-order valence-electron chi connectivity index (χ4n) is 4.02. The normalized spacial score (nSPS) is 20.1. The summed E-state index contributed by atoms with van der Waals surface area (Å²) in [6.45, 7) is 4.77. The molecule has 2 atom stereocenters. The Kier molecular flexibility index (Phi) is 8.72. The van der Waals surface area contributed by atoms with Crippen molar-refractivity contribution < 1.29 is 21.2 Å². The van der Waals surface area contributed by atoms with Crippen molar-refractivity contribution in [3.05, 3.63) is 65.7 Å². The number of nitrogens with one attached hydrogen (secondary N) is 1. The molecule has 188 valence electrons. The molecule has 1 N–H and O–H groups in total. The van der Waals surface area contributed by atoms with Crippen molar-refractivity contribution in [2.45, 2.75) is 44.8 Å². The highest BCUT2D eigenvalue weighted by molar-refractivity contribution is 7.88. The lowest BCUT2D eigenvalue weighted by Crippen LogP contribution is -2.49. The fourth-order valence-corrected chi connectivity index (χ4v) is 6.54. The Morgan fingerprint density at radius 3 is 2.24 bits per heavy atom. The molecule has 1 aliphatic rings. The van der Waals surface area contributed by atoms with Crippen LogP contribution in [-0.2, 0) is 32.3 Å². The minimum absolute atomic E-state index is 0.0513. The van der Waals surface area contributed by atoms with E-state index in [2.05, 4.69) is 5.32 Å². The monoisotopic (exact) mass is 511 g/mol. The van der Waals surface area contributed by atoms with Crippen molar-refractivity contribution in [2.75, 3.05) is 31.2 Å². The number of halogens is 1. The predicted molar refractivity (Wildman–Crippen MR) is 134 cm³/mol. The van der Waals surface area contributed by atoms with Crippen LogP contribution in [0, 0.1) is 5.92 Å². The SMILES string of the molecule is CC(C)CN(Cc1ccc(N[C@@H]2CCN(S(C)(=O)=O)C[C@@H]2F)cc1)S(=O)(=O)Cc1ccccc1. The second-order valence-electron chi connectivity index (χ2n) is 9.30. The number of hydrogen-bond donors (Lipinski definition) is 1. The van der Waals surface area contributed by atoms with Crippen molar-refractivity contribution in [1.82, 2.24) is 8.61 Å². The summed E-state index contributed by atoms with van der Waals surface area (Å²) in [7, 11) is -6.91. The summed E-state index contributed by atoms with van der Waals surface area (Å²) in [6, 6.07) is 16.0. The van der Waals surface area contributed by atoms with Gasteiger partial charge >= 0.3 is 0 Å². The van der Waals surface area contributed by atoms with Crippen LogP contribution in [0.1, 0.15) is 31.4 Å². The molecule has 1 aliphatic heterocycles.